The molecule has 6 heteroatoms. The molecule has 0 aliphatic heterocycles. The van der Waals surface area contributed by atoms with Crippen molar-refractivity contribution < 1.29 is 4.79 Å². The predicted molar refractivity (Wildman–Crippen MR) is 85.8 cm³/mol. The third-order valence-corrected chi connectivity index (χ3v) is 4.05. The smallest absolute Gasteiger partial charge is 0.269 e. The first-order valence-corrected chi connectivity index (χ1v) is 6.87. The van der Waals surface area contributed by atoms with Crippen LogP contribution in [-0.2, 0) is 0 Å². The lowest BCUT2D eigenvalue weighted by Crippen LogP contribution is -2.29. The molecule has 20 heavy (non-hydrogen) atoms. The molecule has 1 amide bonds. The van der Waals surface area contributed by atoms with E-state index in [1.165, 1.54) is 4.70 Å². The summed E-state index contributed by atoms with van der Waals surface area (Å²) in [5, 5.41) is 4.97. The molecule has 104 valence electrons. The van der Waals surface area contributed by atoms with E-state index in [-0.39, 0.29) is 18.3 Å². The van der Waals surface area contributed by atoms with Gasteiger partial charge in [0.05, 0.1) is 4.70 Å². The minimum atomic E-state index is -0.178. The first kappa shape index (κ1) is 14.7. The van der Waals surface area contributed by atoms with Gasteiger partial charge in [-0.05, 0) is 12.1 Å². The number of thiophene rings is 1. The van der Waals surface area contributed by atoms with E-state index in [9.17, 15) is 4.79 Å². The highest BCUT2D eigenvalue weighted by molar-refractivity contribution is 7.25. The summed E-state index contributed by atoms with van der Waals surface area (Å²) < 4.78 is 2.30. The molecule has 3 rings (SSSR count). The number of amides is 1. The maximum Gasteiger partial charge on any atom is 0.269 e. The van der Waals surface area contributed by atoms with Crippen LogP contribution in [0.25, 0.3) is 20.2 Å². The van der Waals surface area contributed by atoms with Crippen molar-refractivity contribution in [3.8, 4) is 0 Å². The number of pyridine rings is 1. The van der Waals surface area contributed by atoms with Crippen LogP contribution in [0.1, 0.15) is 10.5 Å². The highest BCUT2D eigenvalue weighted by Gasteiger charge is 2.10. The van der Waals surface area contributed by atoms with Gasteiger partial charge in [0, 0.05) is 34.8 Å². The Labute approximate surface area is 126 Å². The van der Waals surface area contributed by atoms with E-state index in [1.54, 1.807) is 17.5 Å². The highest BCUT2D eigenvalue weighted by atomic mass is 35.5. The van der Waals surface area contributed by atoms with E-state index >= 15 is 0 Å². The summed E-state index contributed by atoms with van der Waals surface area (Å²) in [6, 6.07) is 10.0. The third kappa shape index (κ3) is 2.60. The zero-order valence-electron chi connectivity index (χ0n) is 10.6. The number of carbonyl (C=O) groups is 1. The number of aromatic nitrogens is 1. The van der Waals surface area contributed by atoms with E-state index in [0.29, 0.717) is 18.8 Å². The largest absolute Gasteiger partial charge is 0.349 e. The fourth-order valence-corrected chi connectivity index (χ4v) is 3.09. The lowest BCUT2D eigenvalue weighted by atomic mass is 10.1. The van der Waals surface area contributed by atoms with Gasteiger partial charge in [-0.2, -0.15) is 0 Å². The number of carbonyl (C=O) groups excluding carboxylic acids is 1. The summed E-state index contributed by atoms with van der Waals surface area (Å²) >= 11 is 1.69. The number of hydrogen-bond acceptors (Lipinski definition) is 4. The molecule has 2 aromatic heterocycles. The van der Waals surface area contributed by atoms with Gasteiger partial charge in [-0.25, -0.2) is 4.98 Å². The number of nitrogens with two attached hydrogens (primary N) is 1. The van der Waals surface area contributed by atoms with E-state index in [2.05, 4.69) is 22.4 Å². The Hall–Kier alpha value is -1.69. The van der Waals surface area contributed by atoms with Gasteiger partial charge in [0.1, 0.15) is 5.69 Å². The standard InChI is InChI=1S/C14H13N3OS.ClH/c15-5-6-16-14(18)11-7-10-9-3-1-2-4-12(9)19-13(10)8-17-11;/h1-4,7-8H,5-6,15H2,(H,16,18);1H. The molecular formula is C14H14ClN3OS. The van der Waals surface area contributed by atoms with Crippen molar-refractivity contribution in [3.63, 3.8) is 0 Å². The van der Waals surface area contributed by atoms with Crippen molar-refractivity contribution >= 4 is 49.8 Å². The SMILES string of the molecule is Cl.NCCNC(=O)c1cc2c(cn1)sc1ccccc12. The van der Waals surface area contributed by atoms with Crippen LogP contribution in [0.15, 0.2) is 36.5 Å². The normalized spacial score (nSPS) is 10.4. The molecule has 3 N–H and O–H groups in total. The van der Waals surface area contributed by atoms with Gasteiger partial charge in [0.15, 0.2) is 0 Å². The van der Waals surface area contributed by atoms with Gasteiger partial charge < -0.3 is 11.1 Å². The summed E-state index contributed by atoms with van der Waals surface area (Å²) in [6.07, 6.45) is 1.76. The molecule has 0 radical (unpaired) electrons. The zero-order chi connectivity index (χ0) is 13.2. The van der Waals surface area contributed by atoms with Crippen LogP contribution in [0.3, 0.4) is 0 Å². The summed E-state index contributed by atoms with van der Waals surface area (Å²) in [5.41, 5.74) is 5.80. The van der Waals surface area contributed by atoms with Crippen molar-refractivity contribution in [2.45, 2.75) is 0 Å². The molecule has 0 saturated heterocycles. The van der Waals surface area contributed by atoms with Gasteiger partial charge in [0.25, 0.3) is 5.91 Å². The minimum absolute atomic E-state index is 0. The van der Waals surface area contributed by atoms with Gasteiger partial charge in [0.2, 0.25) is 0 Å². The molecule has 0 aliphatic rings. The van der Waals surface area contributed by atoms with Crippen molar-refractivity contribution in [2.75, 3.05) is 13.1 Å². The first-order valence-electron chi connectivity index (χ1n) is 6.05. The average molecular weight is 308 g/mol. The molecule has 0 atom stereocenters. The van der Waals surface area contributed by atoms with Crippen molar-refractivity contribution in [1.29, 1.82) is 0 Å². The molecule has 0 unspecified atom stereocenters. The summed E-state index contributed by atoms with van der Waals surface area (Å²) in [4.78, 5) is 16.1. The van der Waals surface area contributed by atoms with Crippen molar-refractivity contribution in [1.82, 2.24) is 10.3 Å². The fraction of sp³-hybridized carbons (Fsp3) is 0.143. The van der Waals surface area contributed by atoms with Crippen molar-refractivity contribution in [2.24, 2.45) is 5.73 Å². The number of nitrogens with zero attached hydrogens (tertiary/aromatic N) is 1. The Kier molecular flexibility index (Phi) is 4.54. The van der Waals surface area contributed by atoms with Crippen LogP contribution in [0, 0.1) is 0 Å². The summed E-state index contributed by atoms with van der Waals surface area (Å²) in [7, 11) is 0. The van der Waals surface area contributed by atoms with Crippen LogP contribution in [0.4, 0.5) is 0 Å². The average Bonchev–Trinajstić information content (AvgIpc) is 2.82. The number of rotatable bonds is 3. The summed E-state index contributed by atoms with van der Waals surface area (Å²) in [6.45, 7) is 0.887. The highest BCUT2D eigenvalue weighted by Crippen LogP contribution is 2.33. The Morgan fingerprint density at radius 3 is 2.85 bits per heavy atom. The second-order valence-electron chi connectivity index (χ2n) is 4.21. The second kappa shape index (κ2) is 6.17. The zero-order valence-corrected chi connectivity index (χ0v) is 12.3. The Morgan fingerprint density at radius 2 is 2.05 bits per heavy atom. The molecular weight excluding hydrogens is 294 g/mol. The number of nitrogens with one attached hydrogen (secondary N) is 1. The maximum absolute atomic E-state index is 11.9. The predicted octanol–water partition coefficient (Wildman–Crippen LogP) is 2.56. The number of fused-ring (bicyclic) bond motifs is 3. The van der Waals surface area contributed by atoms with E-state index in [4.69, 9.17) is 5.73 Å². The molecule has 0 bridgehead atoms. The fourth-order valence-electron chi connectivity index (χ4n) is 2.03. The molecule has 0 fully saturated rings. The molecule has 3 aromatic rings. The van der Waals surface area contributed by atoms with Gasteiger partial charge >= 0.3 is 0 Å². The molecule has 0 aliphatic carbocycles. The maximum atomic E-state index is 11.9. The summed E-state index contributed by atoms with van der Waals surface area (Å²) in [5.74, 6) is -0.178. The molecule has 1 aromatic carbocycles. The molecule has 0 spiro atoms. The Morgan fingerprint density at radius 1 is 1.25 bits per heavy atom. The van der Waals surface area contributed by atoms with E-state index in [1.807, 2.05) is 18.2 Å². The van der Waals surface area contributed by atoms with E-state index in [0.717, 1.165) is 15.5 Å². The van der Waals surface area contributed by atoms with Crippen LogP contribution in [-0.4, -0.2) is 24.0 Å². The second-order valence-corrected chi connectivity index (χ2v) is 5.29. The number of benzene rings is 1. The Bertz CT molecular complexity index is 756. The van der Waals surface area contributed by atoms with Crippen LogP contribution in [0.5, 0.6) is 0 Å². The van der Waals surface area contributed by atoms with Crippen molar-refractivity contribution in [3.05, 3.63) is 42.2 Å². The van der Waals surface area contributed by atoms with Crippen LogP contribution >= 0.6 is 23.7 Å². The van der Waals surface area contributed by atoms with E-state index < -0.39 is 0 Å². The quantitative estimate of drug-likeness (QED) is 0.781. The lowest BCUT2D eigenvalue weighted by molar-refractivity contribution is 0.0950. The number of halogens is 1. The van der Waals surface area contributed by atoms with Crippen LogP contribution in [0.2, 0.25) is 0 Å². The number of hydrogen-bond donors (Lipinski definition) is 2. The molecule has 4 nitrogen and oxygen atoms in total. The minimum Gasteiger partial charge on any atom is -0.349 e. The molecule has 0 saturated carbocycles. The third-order valence-electron chi connectivity index (χ3n) is 2.93. The monoisotopic (exact) mass is 307 g/mol. The lowest BCUT2D eigenvalue weighted by Gasteiger charge is -2.02. The van der Waals surface area contributed by atoms with Gasteiger partial charge in [-0.15, -0.1) is 23.7 Å². The van der Waals surface area contributed by atoms with Gasteiger partial charge in [-0.3, -0.25) is 4.79 Å². The molecule has 2 heterocycles. The van der Waals surface area contributed by atoms with Crippen LogP contribution < -0.4 is 11.1 Å². The first-order chi connectivity index (χ1) is 9.29. The Balaban J connectivity index is 0.00000147. The van der Waals surface area contributed by atoms with Gasteiger partial charge in [-0.1, -0.05) is 18.2 Å². The topological polar surface area (TPSA) is 68.0 Å².